The molecule has 0 aliphatic carbocycles. The normalized spacial score (nSPS) is 12.9. The number of benzene rings is 2. The number of alkyl halides is 3. The molecule has 0 amide bonds. The molecule has 0 aliphatic heterocycles. The van der Waals surface area contributed by atoms with Crippen molar-refractivity contribution < 1.29 is 28.2 Å². The summed E-state index contributed by atoms with van der Waals surface area (Å²) >= 11 is 0. The molecule has 2 aromatic rings. The molecule has 2 N–H and O–H groups in total. The van der Waals surface area contributed by atoms with Gasteiger partial charge in [-0.2, -0.15) is 13.2 Å². The molecule has 0 bridgehead atoms. The van der Waals surface area contributed by atoms with E-state index in [1.165, 1.54) is 48.5 Å². The van der Waals surface area contributed by atoms with Gasteiger partial charge in [0.25, 0.3) is 0 Å². The maximum atomic E-state index is 12.8. The largest absolute Gasteiger partial charge is 0.508 e. The first-order valence-electron chi connectivity index (χ1n) is 6.45. The zero-order valence-electron chi connectivity index (χ0n) is 11.3. The Labute approximate surface area is 124 Å². The zero-order chi connectivity index (χ0) is 16.3. The number of hydrogen-bond donors (Lipinski definition) is 2. The van der Waals surface area contributed by atoms with Crippen LogP contribution in [0.15, 0.2) is 48.5 Å². The van der Waals surface area contributed by atoms with Gasteiger partial charge < -0.3 is 10.2 Å². The van der Waals surface area contributed by atoms with E-state index in [1.807, 2.05) is 0 Å². The number of rotatable bonds is 4. The minimum atomic E-state index is -4.94. The Kier molecular flexibility index (Phi) is 4.40. The fourth-order valence-electron chi connectivity index (χ4n) is 2.13. The third-order valence-corrected chi connectivity index (χ3v) is 3.27. The molecular formula is C16H13F3O3. The van der Waals surface area contributed by atoms with Crippen LogP contribution in [0, 0.1) is 0 Å². The van der Waals surface area contributed by atoms with Crippen LogP contribution in [-0.4, -0.2) is 22.2 Å². The van der Waals surface area contributed by atoms with Gasteiger partial charge in [-0.3, -0.25) is 4.79 Å². The summed E-state index contributed by atoms with van der Waals surface area (Å²) in [4.78, 5) is 11.7. The summed E-state index contributed by atoms with van der Waals surface area (Å²) in [6.07, 6.45) is -5.09. The Bertz CT molecular complexity index is 646. The lowest BCUT2D eigenvalue weighted by molar-refractivity contribution is -0.172. The molecule has 0 aromatic heterocycles. The lowest BCUT2D eigenvalue weighted by Gasteiger charge is -2.18. The second-order valence-electron chi connectivity index (χ2n) is 4.88. The average Bonchev–Trinajstić information content (AvgIpc) is 2.46. The van der Waals surface area contributed by atoms with Gasteiger partial charge in [0, 0.05) is 0 Å². The second-order valence-corrected chi connectivity index (χ2v) is 4.88. The van der Waals surface area contributed by atoms with E-state index < -0.39 is 17.9 Å². The van der Waals surface area contributed by atoms with Crippen molar-refractivity contribution in [1.82, 2.24) is 0 Å². The van der Waals surface area contributed by atoms with E-state index in [1.54, 1.807) is 0 Å². The van der Waals surface area contributed by atoms with Gasteiger partial charge in [-0.15, -0.1) is 0 Å². The monoisotopic (exact) mass is 310 g/mol. The Morgan fingerprint density at radius 1 is 0.909 bits per heavy atom. The summed E-state index contributed by atoms with van der Waals surface area (Å²) < 4.78 is 38.4. The maximum absolute atomic E-state index is 12.8. The van der Waals surface area contributed by atoms with Gasteiger partial charge in [0.2, 0.25) is 5.78 Å². The predicted molar refractivity (Wildman–Crippen MR) is 73.7 cm³/mol. The molecule has 0 fully saturated rings. The van der Waals surface area contributed by atoms with Gasteiger partial charge in [0.05, 0.1) is 5.92 Å². The van der Waals surface area contributed by atoms with Crippen molar-refractivity contribution in [3.63, 3.8) is 0 Å². The van der Waals surface area contributed by atoms with Crippen molar-refractivity contribution in [2.75, 3.05) is 0 Å². The number of hydrogen-bond acceptors (Lipinski definition) is 3. The van der Waals surface area contributed by atoms with E-state index in [0.29, 0.717) is 5.56 Å². The summed E-state index contributed by atoms with van der Waals surface area (Å²) in [5, 5.41) is 18.4. The number of ketones is 1. The molecule has 0 unspecified atom stereocenters. The van der Waals surface area contributed by atoms with Gasteiger partial charge in [-0.05, 0) is 41.8 Å². The van der Waals surface area contributed by atoms with Crippen molar-refractivity contribution in [3.05, 3.63) is 59.7 Å². The number of Topliss-reactive ketones (excluding diaryl/α,β-unsaturated/α-hetero) is 1. The Hall–Kier alpha value is -2.50. The molecule has 116 valence electrons. The number of phenolic OH excluding ortho intramolecular Hbond substituents is 2. The van der Waals surface area contributed by atoms with E-state index in [-0.39, 0.29) is 23.5 Å². The van der Waals surface area contributed by atoms with Gasteiger partial charge >= 0.3 is 6.18 Å². The lowest BCUT2D eigenvalue weighted by Crippen LogP contribution is -2.30. The highest BCUT2D eigenvalue weighted by atomic mass is 19.4. The first-order valence-corrected chi connectivity index (χ1v) is 6.45. The Balaban J connectivity index is 2.35. The van der Waals surface area contributed by atoms with Crippen LogP contribution in [0.2, 0.25) is 0 Å². The van der Waals surface area contributed by atoms with Crippen LogP contribution in [0.3, 0.4) is 0 Å². The maximum Gasteiger partial charge on any atom is 0.450 e. The molecular weight excluding hydrogens is 297 g/mol. The average molecular weight is 310 g/mol. The third kappa shape index (κ3) is 3.78. The molecule has 0 saturated carbocycles. The molecule has 2 rings (SSSR count). The molecule has 6 heteroatoms. The van der Waals surface area contributed by atoms with E-state index in [0.717, 1.165) is 0 Å². The molecule has 1 atom stereocenters. The minimum absolute atomic E-state index is 0.00733. The molecule has 22 heavy (non-hydrogen) atoms. The summed E-state index contributed by atoms with van der Waals surface area (Å²) in [7, 11) is 0. The first kappa shape index (κ1) is 15.9. The van der Waals surface area contributed by atoms with Crippen molar-refractivity contribution >= 4 is 5.78 Å². The van der Waals surface area contributed by atoms with Crippen LogP contribution in [-0.2, 0) is 11.2 Å². The summed E-state index contributed by atoms with van der Waals surface area (Å²) in [6, 6.07) is 10.7. The van der Waals surface area contributed by atoms with Gasteiger partial charge in [0.15, 0.2) is 0 Å². The van der Waals surface area contributed by atoms with E-state index in [9.17, 15) is 28.2 Å². The highest BCUT2D eigenvalue weighted by Gasteiger charge is 2.43. The number of halogens is 3. The molecule has 0 spiro atoms. The molecule has 2 aromatic carbocycles. The predicted octanol–water partition coefficient (Wildman–Crippen LogP) is 3.56. The van der Waals surface area contributed by atoms with E-state index >= 15 is 0 Å². The van der Waals surface area contributed by atoms with Gasteiger partial charge in [0.1, 0.15) is 11.5 Å². The van der Waals surface area contributed by atoms with Crippen molar-refractivity contribution in [3.8, 4) is 11.5 Å². The quantitative estimate of drug-likeness (QED) is 0.908. The summed E-state index contributed by atoms with van der Waals surface area (Å²) in [5.74, 6) is -3.34. The van der Waals surface area contributed by atoms with Crippen molar-refractivity contribution in [2.24, 2.45) is 0 Å². The first-order chi connectivity index (χ1) is 10.3. The topological polar surface area (TPSA) is 57.5 Å². The number of carbonyl (C=O) groups excluding carboxylic acids is 1. The molecule has 0 aliphatic rings. The van der Waals surface area contributed by atoms with Crippen LogP contribution < -0.4 is 0 Å². The van der Waals surface area contributed by atoms with Crippen LogP contribution in [0.1, 0.15) is 17.0 Å². The van der Waals surface area contributed by atoms with Gasteiger partial charge in [-0.1, -0.05) is 24.3 Å². The van der Waals surface area contributed by atoms with Crippen LogP contribution in [0.25, 0.3) is 0 Å². The van der Waals surface area contributed by atoms with Crippen molar-refractivity contribution in [2.45, 2.75) is 18.5 Å². The highest BCUT2D eigenvalue weighted by molar-refractivity contribution is 5.90. The highest BCUT2D eigenvalue weighted by Crippen LogP contribution is 2.31. The van der Waals surface area contributed by atoms with Gasteiger partial charge in [-0.25, -0.2) is 0 Å². The second kappa shape index (κ2) is 6.09. The molecule has 0 heterocycles. The zero-order valence-corrected chi connectivity index (χ0v) is 11.3. The smallest absolute Gasteiger partial charge is 0.450 e. The SMILES string of the molecule is O=C([C@@H](Cc1ccc(O)cc1)c1ccc(O)cc1)C(F)(F)F. The fourth-order valence-corrected chi connectivity index (χ4v) is 2.13. The summed E-state index contributed by atoms with van der Waals surface area (Å²) in [6.45, 7) is 0. The minimum Gasteiger partial charge on any atom is -0.508 e. The van der Waals surface area contributed by atoms with E-state index in [4.69, 9.17) is 0 Å². The number of phenols is 2. The molecule has 3 nitrogen and oxygen atoms in total. The molecule has 0 saturated heterocycles. The van der Waals surface area contributed by atoms with Crippen LogP contribution in [0.5, 0.6) is 11.5 Å². The Morgan fingerprint density at radius 2 is 1.36 bits per heavy atom. The van der Waals surface area contributed by atoms with Crippen LogP contribution in [0.4, 0.5) is 13.2 Å². The van der Waals surface area contributed by atoms with Crippen LogP contribution >= 0.6 is 0 Å². The Morgan fingerprint density at radius 3 is 1.82 bits per heavy atom. The summed E-state index contributed by atoms with van der Waals surface area (Å²) in [5.41, 5.74) is 0.668. The fraction of sp³-hybridized carbons (Fsp3) is 0.188. The number of aromatic hydroxyl groups is 2. The molecule has 0 radical (unpaired) electrons. The van der Waals surface area contributed by atoms with E-state index in [2.05, 4.69) is 0 Å². The standard InChI is InChI=1S/C16H13F3O3/c17-16(18,19)15(22)14(11-3-7-13(21)8-4-11)9-10-1-5-12(20)6-2-10/h1-8,14,20-21H,9H2/t14-/m0/s1. The van der Waals surface area contributed by atoms with Crippen molar-refractivity contribution in [1.29, 1.82) is 0 Å². The lowest BCUT2D eigenvalue weighted by atomic mass is 9.88. The third-order valence-electron chi connectivity index (χ3n) is 3.27. The number of carbonyl (C=O) groups is 1.